The van der Waals surface area contributed by atoms with Crippen molar-refractivity contribution in [1.82, 2.24) is 4.90 Å². The van der Waals surface area contributed by atoms with Crippen molar-refractivity contribution < 1.29 is 0 Å². The molecule has 128 valence electrons. The van der Waals surface area contributed by atoms with Gasteiger partial charge in [-0.1, -0.05) is 91.4 Å². The molecule has 0 aromatic rings. The highest BCUT2D eigenvalue weighted by Crippen LogP contribution is 2.09. The Morgan fingerprint density at radius 2 is 0.714 bits per heavy atom. The first-order chi connectivity index (χ1) is 10.3. The lowest BCUT2D eigenvalue weighted by Crippen LogP contribution is -2.27. The van der Waals surface area contributed by atoms with E-state index in [2.05, 4.69) is 25.7 Å². The Morgan fingerprint density at radius 3 is 1.14 bits per heavy atom. The molecule has 0 aliphatic heterocycles. The fourth-order valence-corrected chi connectivity index (χ4v) is 2.95. The van der Waals surface area contributed by atoms with Gasteiger partial charge in [0.05, 0.1) is 0 Å². The molecule has 0 aromatic heterocycles. The standard InChI is InChI=1S/C20H43N/c1-4-7-10-12-14-16-19-21(18-9-6-3)20-17-15-13-11-8-5-2/h4-20H2,1-3H3. The maximum Gasteiger partial charge on any atom is -0.00187 e. The molecule has 0 spiro atoms. The number of unbranched alkanes of at least 4 members (excludes halogenated alkanes) is 11. The van der Waals surface area contributed by atoms with Crippen LogP contribution >= 0.6 is 0 Å². The van der Waals surface area contributed by atoms with Crippen molar-refractivity contribution in [3.63, 3.8) is 0 Å². The summed E-state index contributed by atoms with van der Waals surface area (Å²) in [5, 5.41) is 0. The first kappa shape index (κ1) is 21.0. The van der Waals surface area contributed by atoms with E-state index in [4.69, 9.17) is 0 Å². The molecule has 0 fully saturated rings. The van der Waals surface area contributed by atoms with E-state index < -0.39 is 0 Å². The van der Waals surface area contributed by atoms with Crippen LogP contribution in [-0.4, -0.2) is 24.5 Å². The largest absolute Gasteiger partial charge is 0.303 e. The average molecular weight is 298 g/mol. The van der Waals surface area contributed by atoms with Crippen molar-refractivity contribution >= 4 is 0 Å². The van der Waals surface area contributed by atoms with Crippen molar-refractivity contribution in [2.45, 2.75) is 111 Å². The summed E-state index contributed by atoms with van der Waals surface area (Å²) in [6.07, 6.45) is 19.8. The molecule has 21 heavy (non-hydrogen) atoms. The Hall–Kier alpha value is -0.0400. The minimum atomic E-state index is 1.33. The average Bonchev–Trinajstić information content (AvgIpc) is 2.50. The van der Waals surface area contributed by atoms with Crippen LogP contribution in [0.25, 0.3) is 0 Å². The topological polar surface area (TPSA) is 3.24 Å². The van der Waals surface area contributed by atoms with Crippen molar-refractivity contribution in [2.24, 2.45) is 0 Å². The van der Waals surface area contributed by atoms with Crippen LogP contribution in [0.1, 0.15) is 111 Å². The maximum absolute atomic E-state index is 2.74. The molecule has 0 heterocycles. The highest BCUT2D eigenvalue weighted by molar-refractivity contribution is 4.59. The van der Waals surface area contributed by atoms with E-state index in [-0.39, 0.29) is 0 Å². The zero-order chi connectivity index (χ0) is 15.6. The van der Waals surface area contributed by atoms with Gasteiger partial charge < -0.3 is 4.90 Å². The monoisotopic (exact) mass is 297 g/mol. The first-order valence-electron chi connectivity index (χ1n) is 10.1. The van der Waals surface area contributed by atoms with Gasteiger partial charge in [-0.2, -0.15) is 0 Å². The highest BCUT2D eigenvalue weighted by atomic mass is 15.1. The molecule has 0 aromatic carbocycles. The summed E-state index contributed by atoms with van der Waals surface area (Å²) in [5.74, 6) is 0. The molecule has 0 saturated heterocycles. The molecule has 0 bridgehead atoms. The highest BCUT2D eigenvalue weighted by Gasteiger charge is 2.04. The lowest BCUT2D eigenvalue weighted by Gasteiger charge is -2.22. The number of hydrogen-bond acceptors (Lipinski definition) is 1. The molecule has 0 unspecified atom stereocenters. The third-order valence-corrected chi connectivity index (χ3v) is 4.48. The predicted octanol–water partition coefficient (Wildman–Crippen LogP) is 6.81. The van der Waals surface area contributed by atoms with Gasteiger partial charge in [-0.25, -0.2) is 0 Å². The Labute approximate surface area is 135 Å². The van der Waals surface area contributed by atoms with E-state index in [9.17, 15) is 0 Å². The molecule has 0 aliphatic carbocycles. The van der Waals surface area contributed by atoms with Gasteiger partial charge in [0.2, 0.25) is 0 Å². The third-order valence-electron chi connectivity index (χ3n) is 4.48. The van der Waals surface area contributed by atoms with Gasteiger partial charge in [-0.15, -0.1) is 0 Å². The van der Waals surface area contributed by atoms with Crippen LogP contribution in [0.15, 0.2) is 0 Å². The summed E-state index contributed by atoms with van der Waals surface area (Å²) in [5.41, 5.74) is 0. The molecule has 0 saturated carbocycles. The maximum atomic E-state index is 2.74. The number of hydrogen-bond donors (Lipinski definition) is 0. The number of rotatable bonds is 17. The molecule has 1 nitrogen and oxygen atoms in total. The van der Waals surface area contributed by atoms with E-state index >= 15 is 0 Å². The van der Waals surface area contributed by atoms with Crippen LogP contribution in [0.2, 0.25) is 0 Å². The fourth-order valence-electron chi connectivity index (χ4n) is 2.95. The molecule has 0 atom stereocenters. The van der Waals surface area contributed by atoms with Gasteiger partial charge in [-0.3, -0.25) is 0 Å². The second kappa shape index (κ2) is 18.0. The van der Waals surface area contributed by atoms with Crippen LogP contribution in [-0.2, 0) is 0 Å². The summed E-state index contributed by atoms with van der Waals surface area (Å²) in [6.45, 7) is 10.9. The summed E-state index contributed by atoms with van der Waals surface area (Å²) in [7, 11) is 0. The van der Waals surface area contributed by atoms with Crippen LogP contribution < -0.4 is 0 Å². The second-order valence-electron chi connectivity index (χ2n) is 6.73. The van der Waals surface area contributed by atoms with Gasteiger partial charge in [0.15, 0.2) is 0 Å². The summed E-state index contributed by atoms with van der Waals surface area (Å²) in [6, 6.07) is 0. The minimum absolute atomic E-state index is 1.33. The third kappa shape index (κ3) is 16.2. The summed E-state index contributed by atoms with van der Waals surface area (Å²) >= 11 is 0. The van der Waals surface area contributed by atoms with Crippen molar-refractivity contribution in [3.8, 4) is 0 Å². The van der Waals surface area contributed by atoms with Gasteiger partial charge >= 0.3 is 0 Å². The molecular formula is C20H43N. The van der Waals surface area contributed by atoms with Crippen LogP contribution in [0, 0.1) is 0 Å². The Morgan fingerprint density at radius 1 is 0.381 bits per heavy atom. The second-order valence-corrected chi connectivity index (χ2v) is 6.73. The number of nitrogens with zero attached hydrogens (tertiary/aromatic N) is 1. The Bertz CT molecular complexity index is 163. The summed E-state index contributed by atoms with van der Waals surface area (Å²) < 4.78 is 0. The zero-order valence-corrected chi connectivity index (χ0v) is 15.5. The lowest BCUT2D eigenvalue weighted by molar-refractivity contribution is 0.256. The minimum Gasteiger partial charge on any atom is -0.303 e. The molecule has 0 rings (SSSR count). The molecule has 1 heteroatoms. The van der Waals surface area contributed by atoms with E-state index in [1.165, 1.54) is 110 Å². The van der Waals surface area contributed by atoms with Gasteiger partial charge in [-0.05, 0) is 38.9 Å². The molecule has 0 radical (unpaired) electrons. The van der Waals surface area contributed by atoms with Crippen LogP contribution in [0.4, 0.5) is 0 Å². The van der Waals surface area contributed by atoms with Gasteiger partial charge in [0.1, 0.15) is 0 Å². The quantitative estimate of drug-likeness (QED) is 0.266. The van der Waals surface area contributed by atoms with Crippen molar-refractivity contribution in [3.05, 3.63) is 0 Å². The fraction of sp³-hybridized carbons (Fsp3) is 1.00. The van der Waals surface area contributed by atoms with Crippen molar-refractivity contribution in [1.29, 1.82) is 0 Å². The first-order valence-corrected chi connectivity index (χ1v) is 10.1. The lowest BCUT2D eigenvalue weighted by atomic mass is 10.1. The van der Waals surface area contributed by atoms with E-state index in [0.29, 0.717) is 0 Å². The van der Waals surface area contributed by atoms with Gasteiger partial charge in [0.25, 0.3) is 0 Å². The molecule has 0 amide bonds. The zero-order valence-electron chi connectivity index (χ0n) is 15.5. The molecule has 0 N–H and O–H groups in total. The SMILES string of the molecule is CCCCCCCCN(CCCC)CCCCCCCC. The van der Waals surface area contributed by atoms with E-state index in [0.717, 1.165) is 0 Å². The normalized spacial score (nSPS) is 11.4. The summed E-state index contributed by atoms with van der Waals surface area (Å²) in [4.78, 5) is 2.74. The van der Waals surface area contributed by atoms with E-state index in [1.54, 1.807) is 0 Å². The van der Waals surface area contributed by atoms with Crippen LogP contribution in [0.5, 0.6) is 0 Å². The Balaban J connectivity index is 3.56. The molecular weight excluding hydrogens is 254 g/mol. The van der Waals surface area contributed by atoms with Gasteiger partial charge in [0, 0.05) is 0 Å². The predicted molar refractivity (Wildman–Crippen MR) is 98.1 cm³/mol. The van der Waals surface area contributed by atoms with Crippen LogP contribution in [0.3, 0.4) is 0 Å². The Kier molecular flexibility index (Phi) is 18.0. The van der Waals surface area contributed by atoms with Crippen molar-refractivity contribution in [2.75, 3.05) is 19.6 Å². The smallest absolute Gasteiger partial charge is 0.00187 e. The molecule has 0 aliphatic rings. The van der Waals surface area contributed by atoms with E-state index in [1.807, 2.05) is 0 Å².